The highest BCUT2D eigenvalue weighted by Gasteiger charge is 2.38. The smallest absolute Gasteiger partial charge is 0.240 e. The van der Waals surface area contributed by atoms with Crippen molar-refractivity contribution in [2.45, 2.75) is 57.5 Å². The molecule has 0 aromatic heterocycles. The molecular formula is C13H26N2O2. The van der Waals surface area contributed by atoms with Crippen molar-refractivity contribution in [3.05, 3.63) is 0 Å². The predicted molar refractivity (Wildman–Crippen MR) is 68.6 cm³/mol. The monoisotopic (exact) mass is 242 g/mol. The van der Waals surface area contributed by atoms with Crippen LogP contribution in [-0.2, 0) is 9.53 Å². The van der Waals surface area contributed by atoms with E-state index in [2.05, 4.69) is 12.2 Å². The highest BCUT2D eigenvalue weighted by atomic mass is 16.5. The molecule has 17 heavy (non-hydrogen) atoms. The highest BCUT2D eigenvalue weighted by Crippen LogP contribution is 2.30. The molecule has 4 nitrogen and oxygen atoms in total. The Bertz CT molecular complexity index is 258. The summed E-state index contributed by atoms with van der Waals surface area (Å²) in [5, 5.41) is 3.01. The average Bonchev–Trinajstić information content (AvgIpc) is 2.28. The SMILES string of the molecule is CCC(COC)NC(=O)C1(N)CCCC(C)C1. The fraction of sp³-hybridized carbons (Fsp3) is 0.923. The molecule has 1 aliphatic carbocycles. The molecule has 1 amide bonds. The molecule has 0 heterocycles. The summed E-state index contributed by atoms with van der Waals surface area (Å²) in [6.07, 6.45) is 4.69. The third kappa shape index (κ3) is 3.96. The van der Waals surface area contributed by atoms with Crippen molar-refractivity contribution in [2.75, 3.05) is 13.7 Å². The molecule has 100 valence electrons. The van der Waals surface area contributed by atoms with Crippen LogP contribution in [-0.4, -0.2) is 31.2 Å². The van der Waals surface area contributed by atoms with Gasteiger partial charge in [-0.1, -0.05) is 26.7 Å². The first kappa shape index (κ1) is 14.5. The quantitative estimate of drug-likeness (QED) is 0.766. The van der Waals surface area contributed by atoms with E-state index in [0.717, 1.165) is 25.7 Å². The molecule has 1 saturated carbocycles. The summed E-state index contributed by atoms with van der Waals surface area (Å²) in [6.45, 7) is 4.75. The van der Waals surface area contributed by atoms with Gasteiger partial charge < -0.3 is 15.8 Å². The molecule has 1 aliphatic rings. The lowest BCUT2D eigenvalue weighted by molar-refractivity contribution is -0.129. The largest absolute Gasteiger partial charge is 0.383 e. The van der Waals surface area contributed by atoms with Gasteiger partial charge in [-0.2, -0.15) is 0 Å². The van der Waals surface area contributed by atoms with Crippen LogP contribution in [0.3, 0.4) is 0 Å². The lowest BCUT2D eigenvalue weighted by atomic mass is 9.76. The van der Waals surface area contributed by atoms with Gasteiger partial charge in [0.1, 0.15) is 0 Å². The number of nitrogens with one attached hydrogen (secondary N) is 1. The number of carbonyl (C=O) groups is 1. The minimum atomic E-state index is -0.668. The van der Waals surface area contributed by atoms with Crippen molar-refractivity contribution >= 4 is 5.91 Å². The van der Waals surface area contributed by atoms with Crippen LogP contribution >= 0.6 is 0 Å². The van der Waals surface area contributed by atoms with Gasteiger partial charge in [-0.15, -0.1) is 0 Å². The summed E-state index contributed by atoms with van der Waals surface area (Å²) in [7, 11) is 1.65. The number of hydrogen-bond donors (Lipinski definition) is 2. The first-order chi connectivity index (χ1) is 8.01. The number of rotatable bonds is 5. The van der Waals surface area contributed by atoms with E-state index in [0.29, 0.717) is 12.5 Å². The first-order valence-corrected chi connectivity index (χ1v) is 6.60. The Morgan fingerprint density at radius 2 is 2.35 bits per heavy atom. The molecule has 1 rings (SSSR count). The Labute approximate surface area is 104 Å². The zero-order valence-corrected chi connectivity index (χ0v) is 11.3. The minimum absolute atomic E-state index is 0.00653. The van der Waals surface area contributed by atoms with E-state index in [9.17, 15) is 4.79 Å². The summed E-state index contributed by atoms with van der Waals surface area (Å²) in [4.78, 5) is 12.2. The number of amides is 1. The minimum Gasteiger partial charge on any atom is -0.383 e. The van der Waals surface area contributed by atoms with E-state index in [1.807, 2.05) is 6.92 Å². The number of methoxy groups -OCH3 is 1. The predicted octanol–water partition coefficient (Wildman–Crippen LogP) is 1.44. The van der Waals surface area contributed by atoms with Gasteiger partial charge in [0.2, 0.25) is 5.91 Å². The molecule has 3 N–H and O–H groups in total. The van der Waals surface area contributed by atoms with Crippen molar-refractivity contribution in [2.24, 2.45) is 11.7 Å². The van der Waals surface area contributed by atoms with Crippen molar-refractivity contribution in [1.29, 1.82) is 0 Å². The number of carbonyl (C=O) groups excluding carboxylic acids is 1. The molecule has 3 unspecified atom stereocenters. The lowest BCUT2D eigenvalue weighted by Crippen LogP contribution is -2.58. The Balaban J connectivity index is 2.55. The molecule has 3 atom stereocenters. The molecule has 1 fully saturated rings. The summed E-state index contributed by atoms with van der Waals surface area (Å²) in [5.74, 6) is 0.537. The fourth-order valence-electron chi connectivity index (χ4n) is 2.59. The van der Waals surface area contributed by atoms with Gasteiger partial charge >= 0.3 is 0 Å². The molecule has 4 heteroatoms. The van der Waals surface area contributed by atoms with Crippen LogP contribution in [0.15, 0.2) is 0 Å². The fourth-order valence-corrected chi connectivity index (χ4v) is 2.59. The normalized spacial score (nSPS) is 30.9. The van der Waals surface area contributed by atoms with Crippen LogP contribution in [0.5, 0.6) is 0 Å². The third-order valence-electron chi connectivity index (χ3n) is 3.68. The summed E-state index contributed by atoms with van der Waals surface area (Å²) in [6, 6.07) is 0.0742. The number of hydrogen-bond acceptors (Lipinski definition) is 3. The molecule has 0 radical (unpaired) electrons. The zero-order chi connectivity index (χ0) is 12.9. The maximum absolute atomic E-state index is 12.2. The van der Waals surface area contributed by atoms with Crippen LogP contribution < -0.4 is 11.1 Å². The summed E-state index contributed by atoms with van der Waals surface area (Å²) < 4.78 is 5.08. The maximum Gasteiger partial charge on any atom is 0.240 e. The Kier molecular flexibility index (Phi) is 5.40. The Morgan fingerprint density at radius 3 is 2.88 bits per heavy atom. The van der Waals surface area contributed by atoms with E-state index in [-0.39, 0.29) is 11.9 Å². The highest BCUT2D eigenvalue weighted by molar-refractivity contribution is 5.86. The van der Waals surface area contributed by atoms with E-state index >= 15 is 0 Å². The van der Waals surface area contributed by atoms with Crippen molar-refractivity contribution < 1.29 is 9.53 Å². The van der Waals surface area contributed by atoms with Crippen LogP contribution in [0, 0.1) is 5.92 Å². The zero-order valence-electron chi connectivity index (χ0n) is 11.3. The van der Waals surface area contributed by atoms with Crippen LogP contribution in [0.1, 0.15) is 46.0 Å². The van der Waals surface area contributed by atoms with Crippen LogP contribution in [0.4, 0.5) is 0 Å². The van der Waals surface area contributed by atoms with Gasteiger partial charge in [-0.05, 0) is 25.2 Å². The molecule has 0 saturated heterocycles. The first-order valence-electron chi connectivity index (χ1n) is 6.60. The summed E-state index contributed by atoms with van der Waals surface area (Å²) >= 11 is 0. The van der Waals surface area contributed by atoms with Crippen molar-refractivity contribution in [1.82, 2.24) is 5.32 Å². The molecule has 0 aromatic rings. The second-order valence-electron chi connectivity index (χ2n) is 5.39. The van der Waals surface area contributed by atoms with E-state index in [1.165, 1.54) is 6.42 Å². The number of ether oxygens (including phenoxy) is 1. The van der Waals surface area contributed by atoms with Crippen molar-refractivity contribution in [3.63, 3.8) is 0 Å². The Hall–Kier alpha value is -0.610. The van der Waals surface area contributed by atoms with E-state index < -0.39 is 5.54 Å². The molecular weight excluding hydrogens is 216 g/mol. The molecule has 0 aliphatic heterocycles. The Morgan fingerprint density at radius 1 is 1.65 bits per heavy atom. The summed E-state index contributed by atoms with van der Waals surface area (Å²) in [5.41, 5.74) is 5.57. The van der Waals surface area contributed by atoms with Crippen LogP contribution in [0.25, 0.3) is 0 Å². The average molecular weight is 242 g/mol. The van der Waals surface area contributed by atoms with Gasteiger partial charge in [-0.25, -0.2) is 0 Å². The topological polar surface area (TPSA) is 64.3 Å². The lowest BCUT2D eigenvalue weighted by Gasteiger charge is -2.36. The van der Waals surface area contributed by atoms with Crippen molar-refractivity contribution in [3.8, 4) is 0 Å². The van der Waals surface area contributed by atoms with Crippen LogP contribution in [0.2, 0.25) is 0 Å². The third-order valence-corrected chi connectivity index (χ3v) is 3.68. The molecule has 0 spiro atoms. The van der Waals surface area contributed by atoms with Gasteiger partial charge in [0.15, 0.2) is 0 Å². The van der Waals surface area contributed by atoms with Gasteiger partial charge in [0, 0.05) is 7.11 Å². The number of nitrogens with two attached hydrogens (primary N) is 1. The molecule has 0 aromatic carbocycles. The standard InChI is InChI=1S/C13H26N2O2/c1-4-11(9-17-3)15-12(16)13(14)7-5-6-10(2)8-13/h10-11H,4-9,14H2,1-3H3,(H,15,16). The van der Waals surface area contributed by atoms with Gasteiger partial charge in [0.05, 0.1) is 18.2 Å². The maximum atomic E-state index is 12.2. The van der Waals surface area contributed by atoms with Gasteiger partial charge in [-0.3, -0.25) is 4.79 Å². The molecule has 0 bridgehead atoms. The van der Waals surface area contributed by atoms with E-state index in [1.54, 1.807) is 7.11 Å². The van der Waals surface area contributed by atoms with Gasteiger partial charge in [0.25, 0.3) is 0 Å². The van der Waals surface area contributed by atoms with E-state index in [4.69, 9.17) is 10.5 Å². The second-order valence-corrected chi connectivity index (χ2v) is 5.39. The second kappa shape index (κ2) is 6.36.